The zero-order chi connectivity index (χ0) is 16.1. The van der Waals surface area contributed by atoms with Crippen molar-refractivity contribution in [2.75, 3.05) is 12.8 Å². The van der Waals surface area contributed by atoms with Gasteiger partial charge in [-0.2, -0.15) is 8.78 Å². The molecule has 0 aliphatic rings. The Labute approximate surface area is 129 Å². The van der Waals surface area contributed by atoms with E-state index in [4.69, 9.17) is 0 Å². The van der Waals surface area contributed by atoms with Crippen LogP contribution in [0.25, 0.3) is 11.0 Å². The van der Waals surface area contributed by atoms with Crippen molar-refractivity contribution in [2.24, 2.45) is 0 Å². The second-order valence-electron chi connectivity index (χ2n) is 4.26. The number of hydrogen-bond acceptors (Lipinski definition) is 4. The SMILES string of the molecule is CNC(=O)NC(=O)CCSc1nc2ccccc2n1C(F)F. The van der Waals surface area contributed by atoms with Gasteiger partial charge in [0.2, 0.25) is 5.91 Å². The lowest BCUT2D eigenvalue weighted by atomic mass is 10.3. The van der Waals surface area contributed by atoms with Crippen LogP contribution in [-0.4, -0.2) is 34.3 Å². The minimum atomic E-state index is -2.71. The molecule has 2 aromatic rings. The summed E-state index contributed by atoms with van der Waals surface area (Å²) in [7, 11) is 1.39. The van der Waals surface area contributed by atoms with E-state index in [-0.39, 0.29) is 17.3 Å². The van der Waals surface area contributed by atoms with Crippen LogP contribution in [0.3, 0.4) is 0 Å². The van der Waals surface area contributed by atoms with Crippen LogP contribution in [-0.2, 0) is 4.79 Å². The number of fused-ring (bicyclic) bond motifs is 1. The molecule has 0 fully saturated rings. The van der Waals surface area contributed by atoms with Crippen molar-refractivity contribution >= 4 is 34.7 Å². The molecule has 0 spiro atoms. The lowest BCUT2D eigenvalue weighted by molar-refractivity contribution is -0.119. The molecule has 2 rings (SSSR count). The summed E-state index contributed by atoms with van der Waals surface area (Å²) in [5.74, 6) is -0.245. The van der Waals surface area contributed by atoms with Crippen LogP contribution in [0.1, 0.15) is 13.0 Å². The number of imidazole rings is 1. The van der Waals surface area contributed by atoms with Crippen molar-refractivity contribution in [3.8, 4) is 0 Å². The number of hydrogen-bond donors (Lipinski definition) is 2. The number of carbonyl (C=O) groups excluding carboxylic acids is 2. The molecule has 2 N–H and O–H groups in total. The molecule has 0 aliphatic heterocycles. The second-order valence-corrected chi connectivity index (χ2v) is 5.32. The van der Waals surface area contributed by atoms with Gasteiger partial charge in [-0.15, -0.1) is 0 Å². The average molecular weight is 328 g/mol. The van der Waals surface area contributed by atoms with Gasteiger partial charge < -0.3 is 5.32 Å². The van der Waals surface area contributed by atoms with Crippen LogP contribution < -0.4 is 10.6 Å². The molecule has 0 unspecified atom stereocenters. The number of alkyl halides is 2. The van der Waals surface area contributed by atoms with E-state index < -0.39 is 18.5 Å². The topological polar surface area (TPSA) is 76.0 Å². The molecule has 9 heteroatoms. The summed E-state index contributed by atoms with van der Waals surface area (Å²) in [6.45, 7) is -2.71. The molecule has 0 aliphatic carbocycles. The average Bonchev–Trinajstić information content (AvgIpc) is 2.85. The minimum absolute atomic E-state index is 0.0184. The number of nitrogens with one attached hydrogen (secondary N) is 2. The monoisotopic (exact) mass is 328 g/mol. The molecule has 1 heterocycles. The van der Waals surface area contributed by atoms with Gasteiger partial charge in [0.05, 0.1) is 11.0 Å². The van der Waals surface area contributed by atoms with E-state index in [2.05, 4.69) is 15.6 Å². The van der Waals surface area contributed by atoms with Crippen molar-refractivity contribution in [1.29, 1.82) is 0 Å². The Hall–Kier alpha value is -2.16. The standard InChI is InChI=1S/C13H14F2N4O2S/c1-16-12(21)18-10(20)6-7-22-13-17-8-4-2-3-5-9(8)19(13)11(14)15/h2-5,11H,6-7H2,1H3,(H2,16,18,20,21). The Balaban J connectivity index is 2.04. The highest BCUT2D eigenvalue weighted by Crippen LogP contribution is 2.29. The predicted octanol–water partition coefficient (Wildman–Crippen LogP) is 2.37. The highest BCUT2D eigenvalue weighted by molar-refractivity contribution is 7.99. The molecule has 118 valence electrons. The number of amides is 3. The van der Waals surface area contributed by atoms with Crippen LogP contribution in [0.15, 0.2) is 29.4 Å². The summed E-state index contributed by atoms with van der Waals surface area (Å²) < 4.78 is 27.2. The number of halogens is 2. The molecule has 3 amide bonds. The highest BCUT2D eigenvalue weighted by Gasteiger charge is 2.18. The second kappa shape index (κ2) is 7.21. The number of imide groups is 1. The van der Waals surface area contributed by atoms with Gasteiger partial charge in [0.1, 0.15) is 0 Å². The van der Waals surface area contributed by atoms with Crippen molar-refractivity contribution in [3.05, 3.63) is 24.3 Å². The van der Waals surface area contributed by atoms with Crippen molar-refractivity contribution in [1.82, 2.24) is 20.2 Å². The third-order valence-electron chi connectivity index (χ3n) is 2.80. The molecule has 0 atom stereocenters. The van der Waals surface area contributed by atoms with Crippen LogP contribution >= 0.6 is 11.8 Å². The highest BCUT2D eigenvalue weighted by atomic mass is 32.2. The van der Waals surface area contributed by atoms with Crippen LogP contribution in [0.4, 0.5) is 13.6 Å². The molecule has 22 heavy (non-hydrogen) atoms. The molecule has 6 nitrogen and oxygen atoms in total. The van der Waals surface area contributed by atoms with E-state index in [0.717, 1.165) is 16.3 Å². The third-order valence-corrected chi connectivity index (χ3v) is 3.75. The summed E-state index contributed by atoms with van der Waals surface area (Å²) in [6.07, 6.45) is 0.0184. The Morgan fingerprint density at radius 3 is 2.77 bits per heavy atom. The van der Waals surface area contributed by atoms with E-state index in [0.29, 0.717) is 11.0 Å². The lowest BCUT2D eigenvalue weighted by Crippen LogP contribution is -2.37. The first-order chi connectivity index (χ1) is 10.5. The fourth-order valence-electron chi connectivity index (χ4n) is 1.80. The molecule has 0 bridgehead atoms. The molecular weight excluding hydrogens is 314 g/mol. The van der Waals surface area contributed by atoms with E-state index in [1.807, 2.05) is 0 Å². The quantitative estimate of drug-likeness (QED) is 0.826. The van der Waals surface area contributed by atoms with Gasteiger partial charge >= 0.3 is 12.6 Å². The van der Waals surface area contributed by atoms with Gasteiger partial charge in [-0.3, -0.25) is 14.7 Å². The Bertz CT molecular complexity index is 690. The number of benzene rings is 1. The summed E-state index contributed by atoms with van der Waals surface area (Å²) in [5, 5.41) is 4.50. The maximum atomic E-state index is 13.2. The van der Waals surface area contributed by atoms with Gasteiger partial charge in [0.25, 0.3) is 0 Å². The molecular formula is C13H14F2N4O2S. The zero-order valence-electron chi connectivity index (χ0n) is 11.7. The van der Waals surface area contributed by atoms with Gasteiger partial charge in [-0.25, -0.2) is 9.78 Å². The van der Waals surface area contributed by atoms with Gasteiger partial charge in [0.15, 0.2) is 5.16 Å². The maximum absolute atomic E-state index is 13.2. The molecule has 1 aromatic heterocycles. The van der Waals surface area contributed by atoms with E-state index in [1.165, 1.54) is 7.05 Å². The fourth-order valence-corrected chi connectivity index (χ4v) is 2.75. The summed E-state index contributed by atoms with van der Waals surface area (Å²) in [4.78, 5) is 26.5. The number of para-hydroxylation sites is 2. The smallest absolute Gasteiger partial charge is 0.321 e. The number of carbonyl (C=O) groups is 2. The van der Waals surface area contributed by atoms with Crippen LogP contribution in [0.5, 0.6) is 0 Å². The summed E-state index contributed by atoms with van der Waals surface area (Å²) in [5.41, 5.74) is 0.815. The van der Waals surface area contributed by atoms with Crippen molar-refractivity contribution in [3.63, 3.8) is 0 Å². The largest absolute Gasteiger partial charge is 0.341 e. The maximum Gasteiger partial charge on any atom is 0.321 e. The van der Waals surface area contributed by atoms with Crippen LogP contribution in [0, 0.1) is 0 Å². The molecule has 1 aromatic carbocycles. The predicted molar refractivity (Wildman–Crippen MR) is 78.9 cm³/mol. The number of rotatable bonds is 5. The number of urea groups is 1. The van der Waals surface area contributed by atoms with E-state index >= 15 is 0 Å². The third kappa shape index (κ3) is 3.73. The Morgan fingerprint density at radius 1 is 1.36 bits per heavy atom. The van der Waals surface area contributed by atoms with Crippen molar-refractivity contribution < 1.29 is 18.4 Å². The first-order valence-electron chi connectivity index (χ1n) is 6.42. The van der Waals surface area contributed by atoms with Gasteiger partial charge in [-0.05, 0) is 12.1 Å². The summed E-state index contributed by atoms with van der Waals surface area (Å²) in [6, 6.07) is 5.99. The molecule has 0 radical (unpaired) electrons. The van der Waals surface area contributed by atoms with Crippen molar-refractivity contribution in [2.45, 2.75) is 18.1 Å². The number of thioether (sulfide) groups is 1. The Kier molecular flexibility index (Phi) is 5.31. The number of nitrogens with zero attached hydrogens (tertiary/aromatic N) is 2. The molecule has 0 saturated heterocycles. The summed E-state index contributed by atoms with van der Waals surface area (Å²) >= 11 is 1.04. The van der Waals surface area contributed by atoms with E-state index in [9.17, 15) is 18.4 Å². The van der Waals surface area contributed by atoms with E-state index in [1.54, 1.807) is 24.3 Å². The van der Waals surface area contributed by atoms with Crippen LogP contribution in [0.2, 0.25) is 0 Å². The zero-order valence-corrected chi connectivity index (χ0v) is 12.5. The van der Waals surface area contributed by atoms with Gasteiger partial charge in [-0.1, -0.05) is 23.9 Å². The molecule has 0 saturated carbocycles. The lowest BCUT2D eigenvalue weighted by Gasteiger charge is -2.07. The fraction of sp³-hybridized carbons (Fsp3) is 0.308. The first kappa shape index (κ1) is 16.2. The minimum Gasteiger partial charge on any atom is -0.341 e. The number of aromatic nitrogens is 2. The first-order valence-corrected chi connectivity index (χ1v) is 7.41. The van der Waals surface area contributed by atoms with Gasteiger partial charge in [0, 0.05) is 19.2 Å². The normalized spacial score (nSPS) is 10.9. The Morgan fingerprint density at radius 2 is 2.09 bits per heavy atom.